The van der Waals surface area contributed by atoms with E-state index in [1.165, 1.54) is 11.8 Å². The van der Waals surface area contributed by atoms with Gasteiger partial charge in [0.2, 0.25) is 0 Å². The van der Waals surface area contributed by atoms with Crippen LogP contribution in [0, 0.1) is 0 Å². The summed E-state index contributed by atoms with van der Waals surface area (Å²) in [6, 6.07) is 18.0. The van der Waals surface area contributed by atoms with Gasteiger partial charge in [-0.25, -0.2) is 0 Å². The average molecular weight is 349 g/mol. The van der Waals surface area contributed by atoms with Gasteiger partial charge in [0.1, 0.15) is 18.1 Å². The molecule has 0 bridgehead atoms. The van der Waals surface area contributed by atoms with Crippen molar-refractivity contribution in [3.8, 4) is 5.75 Å². The van der Waals surface area contributed by atoms with Crippen LogP contribution in [0.1, 0.15) is 42.5 Å². The molecule has 4 heteroatoms. The molecule has 1 aromatic heterocycles. The minimum Gasteiger partial charge on any atom is -0.486 e. The van der Waals surface area contributed by atoms with Crippen molar-refractivity contribution in [2.75, 3.05) is 6.54 Å². The summed E-state index contributed by atoms with van der Waals surface area (Å²) in [6.07, 6.45) is 3.31. The summed E-state index contributed by atoms with van der Waals surface area (Å²) in [4.78, 5) is 14.5. The molecule has 1 aliphatic rings. The van der Waals surface area contributed by atoms with E-state index in [2.05, 4.69) is 19.1 Å². The quantitative estimate of drug-likeness (QED) is 0.664. The Labute approximate surface area is 153 Å². The first kappa shape index (κ1) is 16.7. The van der Waals surface area contributed by atoms with Crippen molar-refractivity contribution in [1.82, 2.24) is 4.90 Å². The number of piperidine rings is 1. The fraction of sp³-hybridized carbons (Fsp3) is 0.318. The largest absolute Gasteiger partial charge is 0.486 e. The van der Waals surface area contributed by atoms with Crippen molar-refractivity contribution < 1.29 is 13.9 Å². The van der Waals surface area contributed by atoms with Crippen LogP contribution in [0.25, 0.3) is 10.8 Å². The summed E-state index contributed by atoms with van der Waals surface area (Å²) in [5.41, 5.74) is 0. The number of hydrogen-bond donors (Lipinski definition) is 0. The van der Waals surface area contributed by atoms with Gasteiger partial charge in [0.25, 0.3) is 5.91 Å². The molecule has 1 atom stereocenters. The lowest BCUT2D eigenvalue weighted by atomic mass is 10.0. The Morgan fingerprint density at radius 3 is 2.81 bits per heavy atom. The minimum atomic E-state index is -0.0193. The van der Waals surface area contributed by atoms with Gasteiger partial charge in [-0.1, -0.05) is 30.3 Å². The molecule has 0 spiro atoms. The van der Waals surface area contributed by atoms with Crippen LogP contribution in [0.4, 0.5) is 0 Å². The first-order chi connectivity index (χ1) is 12.7. The Kier molecular flexibility index (Phi) is 4.65. The van der Waals surface area contributed by atoms with E-state index in [0.29, 0.717) is 18.1 Å². The maximum absolute atomic E-state index is 12.6. The summed E-state index contributed by atoms with van der Waals surface area (Å²) in [7, 11) is 0. The molecule has 4 rings (SSSR count). The average Bonchev–Trinajstić information content (AvgIpc) is 3.15. The second-order valence-corrected chi connectivity index (χ2v) is 6.91. The van der Waals surface area contributed by atoms with Crippen molar-refractivity contribution in [3.05, 3.63) is 66.1 Å². The number of carbonyl (C=O) groups excluding carboxylic acids is 1. The van der Waals surface area contributed by atoms with Crippen LogP contribution in [-0.2, 0) is 6.61 Å². The maximum atomic E-state index is 12.6. The molecule has 1 amide bonds. The van der Waals surface area contributed by atoms with Gasteiger partial charge >= 0.3 is 0 Å². The third kappa shape index (κ3) is 3.45. The van der Waals surface area contributed by atoms with Crippen molar-refractivity contribution in [3.63, 3.8) is 0 Å². The minimum absolute atomic E-state index is 0.0193. The third-order valence-corrected chi connectivity index (χ3v) is 5.04. The third-order valence-electron chi connectivity index (χ3n) is 5.04. The fourth-order valence-corrected chi connectivity index (χ4v) is 3.52. The van der Waals surface area contributed by atoms with Crippen LogP contribution >= 0.6 is 0 Å². The highest BCUT2D eigenvalue weighted by atomic mass is 16.5. The molecular weight excluding hydrogens is 326 g/mol. The van der Waals surface area contributed by atoms with E-state index in [0.717, 1.165) is 30.5 Å². The van der Waals surface area contributed by atoms with E-state index in [1.54, 1.807) is 6.07 Å². The summed E-state index contributed by atoms with van der Waals surface area (Å²) in [6.45, 7) is 3.22. The van der Waals surface area contributed by atoms with E-state index >= 15 is 0 Å². The lowest BCUT2D eigenvalue weighted by Gasteiger charge is -2.32. The number of nitrogens with zero attached hydrogens (tertiary/aromatic N) is 1. The molecule has 1 aliphatic heterocycles. The normalized spacial score (nSPS) is 17.4. The zero-order chi connectivity index (χ0) is 17.9. The molecule has 1 saturated heterocycles. The fourth-order valence-electron chi connectivity index (χ4n) is 3.52. The van der Waals surface area contributed by atoms with Gasteiger partial charge in [0.05, 0.1) is 0 Å². The lowest BCUT2D eigenvalue weighted by Crippen LogP contribution is -2.41. The molecule has 1 fully saturated rings. The van der Waals surface area contributed by atoms with Gasteiger partial charge < -0.3 is 14.1 Å². The zero-order valence-electron chi connectivity index (χ0n) is 15.0. The van der Waals surface area contributed by atoms with E-state index in [9.17, 15) is 4.79 Å². The molecular formula is C22H23NO3. The van der Waals surface area contributed by atoms with Gasteiger partial charge in [-0.15, -0.1) is 0 Å². The van der Waals surface area contributed by atoms with Crippen LogP contribution in [0.2, 0.25) is 0 Å². The molecule has 3 aromatic rings. The Morgan fingerprint density at radius 1 is 1.12 bits per heavy atom. The first-order valence-corrected chi connectivity index (χ1v) is 9.22. The van der Waals surface area contributed by atoms with Crippen LogP contribution in [-0.4, -0.2) is 23.4 Å². The number of carbonyl (C=O) groups is 1. The van der Waals surface area contributed by atoms with Crippen LogP contribution < -0.4 is 4.74 Å². The summed E-state index contributed by atoms with van der Waals surface area (Å²) < 4.78 is 11.6. The second kappa shape index (κ2) is 7.24. The number of amides is 1. The predicted octanol–water partition coefficient (Wildman–Crippen LogP) is 5.03. The van der Waals surface area contributed by atoms with Crippen LogP contribution in [0.5, 0.6) is 5.75 Å². The zero-order valence-corrected chi connectivity index (χ0v) is 15.0. The highest BCUT2D eigenvalue weighted by Crippen LogP contribution is 2.23. The van der Waals surface area contributed by atoms with E-state index in [1.807, 2.05) is 41.3 Å². The van der Waals surface area contributed by atoms with Crippen molar-refractivity contribution in [2.24, 2.45) is 0 Å². The Hall–Kier alpha value is -2.75. The molecule has 4 nitrogen and oxygen atoms in total. The smallest absolute Gasteiger partial charge is 0.289 e. The summed E-state index contributed by atoms with van der Waals surface area (Å²) in [5.74, 6) is 1.83. The van der Waals surface area contributed by atoms with Crippen molar-refractivity contribution in [1.29, 1.82) is 0 Å². The lowest BCUT2D eigenvalue weighted by molar-refractivity contribution is 0.0599. The van der Waals surface area contributed by atoms with Crippen molar-refractivity contribution in [2.45, 2.75) is 38.8 Å². The van der Waals surface area contributed by atoms with E-state index in [-0.39, 0.29) is 11.9 Å². The highest BCUT2D eigenvalue weighted by Gasteiger charge is 2.26. The number of ether oxygens (including phenoxy) is 1. The summed E-state index contributed by atoms with van der Waals surface area (Å²) >= 11 is 0. The topological polar surface area (TPSA) is 42.7 Å². The molecule has 134 valence electrons. The Morgan fingerprint density at radius 2 is 1.96 bits per heavy atom. The van der Waals surface area contributed by atoms with Gasteiger partial charge in [-0.2, -0.15) is 0 Å². The molecule has 2 heterocycles. The molecule has 26 heavy (non-hydrogen) atoms. The first-order valence-electron chi connectivity index (χ1n) is 9.22. The van der Waals surface area contributed by atoms with Crippen LogP contribution in [0.15, 0.2) is 59.0 Å². The standard InChI is InChI=1S/C22H23NO3/c1-16-6-4-5-13-23(16)22(24)21-12-11-20(26-21)15-25-19-10-9-17-7-2-3-8-18(17)14-19/h2-3,7-12,14,16H,4-6,13,15H2,1H3/t16-/m0/s1. The molecule has 0 radical (unpaired) electrons. The van der Waals surface area contributed by atoms with Crippen LogP contribution in [0.3, 0.4) is 0 Å². The second-order valence-electron chi connectivity index (χ2n) is 6.91. The molecule has 0 unspecified atom stereocenters. The van der Waals surface area contributed by atoms with Crippen molar-refractivity contribution >= 4 is 16.7 Å². The van der Waals surface area contributed by atoms with E-state index in [4.69, 9.17) is 9.15 Å². The van der Waals surface area contributed by atoms with Gasteiger partial charge in [0, 0.05) is 12.6 Å². The van der Waals surface area contributed by atoms with Gasteiger partial charge in [-0.05, 0) is 61.2 Å². The number of likely N-dealkylation sites (tertiary alicyclic amines) is 1. The number of rotatable bonds is 4. The number of furan rings is 1. The monoisotopic (exact) mass is 349 g/mol. The Bertz CT molecular complexity index is 914. The highest BCUT2D eigenvalue weighted by molar-refractivity contribution is 5.91. The molecule has 0 saturated carbocycles. The molecule has 0 aliphatic carbocycles. The number of benzene rings is 2. The number of hydrogen-bond acceptors (Lipinski definition) is 3. The summed E-state index contributed by atoms with van der Waals surface area (Å²) in [5, 5.41) is 2.32. The maximum Gasteiger partial charge on any atom is 0.289 e. The van der Waals surface area contributed by atoms with Gasteiger partial charge in [0.15, 0.2) is 5.76 Å². The van der Waals surface area contributed by atoms with Gasteiger partial charge in [-0.3, -0.25) is 4.79 Å². The SMILES string of the molecule is C[C@H]1CCCCN1C(=O)c1ccc(COc2ccc3ccccc3c2)o1. The Balaban J connectivity index is 1.42. The van der Waals surface area contributed by atoms with E-state index < -0.39 is 0 Å². The molecule has 2 aromatic carbocycles. The number of fused-ring (bicyclic) bond motifs is 1. The molecule has 0 N–H and O–H groups in total. The predicted molar refractivity (Wildman–Crippen MR) is 101 cm³/mol.